The van der Waals surface area contributed by atoms with E-state index in [1.165, 1.54) is 0 Å². The van der Waals surface area contributed by atoms with E-state index in [1.807, 2.05) is 6.92 Å². The van der Waals surface area contributed by atoms with Crippen LogP contribution in [0.4, 0.5) is 13.2 Å². The quantitative estimate of drug-likeness (QED) is 0.853. The Morgan fingerprint density at radius 1 is 1.17 bits per heavy atom. The van der Waals surface area contributed by atoms with Crippen molar-refractivity contribution >= 4 is 0 Å². The van der Waals surface area contributed by atoms with Crippen LogP contribution in [-0.2, 0) is 6.54 Å². The summed E-state index contributed by atoms with van der Waals surface area (Å²) in [5.74, 6) is -4.09. The van der Waals surface area contributed by atoms with Crippen LogP contribution in [0.3, 0.4) is 0 Å². The second-order valence-electron chi connectivity index (χ2n) is 3.50. The molecular weight excluding hydrogens is 247 g/mol. The van der Waals surface area contributed by atoms with Crippen LogP contribution in [0.2, 0.25) is 0 Å². The highest BCUT2D eigenvalue weighted by atomic mass is 19.2. The lowest BCUT2D eigenvalue weighted by atomic mass is 10.2. The number of hydrogen-bond acceptors (Lipinski definition) is 4. The van der Waals surface area contributed by atoms with Gasteiger partial charge >= 0.3 is 0 Å². The number of nitrogens with one attached hydrogen (secondary N) is 1. The van der Waals surface area contributed by atoms with Crippen molar-refractivity contribution < 1.29 is 17.6 Å². The van der Waals surface area contributed by atoms with Gasteiger partial charge in [0, 0.05) is 0 Å². The lowest BCUT2D eigenvalue weighted by Crippen LogP contribution is -2.11. The van der Waals surface area contributed by atoms with Crippen LogP contribution in [-0.4, -0.2) is 16.7 Å². The zero-order valence-electron chi connectivity index (χ0n) is 9.51. The maximum Gasteiger partial charge on any atom is 0.250 e. The van der Waals surface area contributed by atoms with E-state index in [-0.39, 0.29) is 17.3 Å². The molecule has 1 aromatic heterocycles. The minimum atomic E-state index is -1.56. The first kappa shape index (κ1) is 12.6. The van der Waals surface area contributed by atoms with Crippen LogP contribution in [0.25, 0.3) is 11.5 Å². The van der Waals surface area contributed by atoms with Gasteiger partial charge in [-0.25, -0.2) is 13.2 Å². The first-order valence-corrected chi connectivity index (χ1v) is 5.30. The van der Waals surface area contributed by atoms with Gasteiger partial charge in [0.1, 0.15) is 0 Å². The van der Waals surface area contributed by atoms with Crippen LogP contribution in [0.5, 0.6) is 0 Å². The molecule has 1 aromatic carbocycles. The van der Waals surface area contributed by atoms with Crippen LogP contribution in [0, 0.1) is 17.5 Å². The molecule has 0 amide bonds. The van der Waals surface area contributed by atoms with Gasteiger partial charge in [-0.1, -0.05) is 6.92 Å². The van der Waals surface area contributed by atoms with Crippen molar-refractivity contribution in [3.63, 3.8) is 0 Å². The number of hydrogen-bond donors (Lipinski definition) is 1. The summed E-state index contributed by atoms with van der Waals surface area (Å²) in [6.45, 7) is 2.93. The summed E-state index contributed by atoms with van der Waals surface area (Å²) in [6, 6.07) is 1.86. The van der Waals surface area contributed by atoms with Gasteiger partial charge in [0.25, 0.3) is 5.89 Å². The summed E-state index contributed by atoms with van der Waals surface area (Å²) < 4.78 is 44.4. The Morgan fingerprint density at radius 2 is 1.94 bits per heavy atom. The number of nitrogens with zero attached hydrogens (tertiary/aromatic N) is 2. The topological polar surface area (TPSA) is 51.0 Å². The van der Waals surface area contributed by atoms with E-state index >= 15 is 0 Å². The summed E-state index contributed by atoms with van der Waals surface area (Å²) in [7, 11) is 0. The average Bonchev–Trinajstić information content (AvgIpc) is 2.82. The van der Waals surface area contributed by atoms with Gasteiger partial charge in [-0.15, -0.1) is 10.2 Å². The minimum Gasteiger partial charge on any atom is -0.419 e. The van der Waals surface area contributed by atoms with Crippen molar-refractivity contribution in [3.8, 4) is 11.5 Å². The third-order valence-corrected chi connectivity index (χ3v) is 2.26. The Balaban J connectivity index is 2.31. The van der Waals surface area contributed by atoms with Crippen LogP contribution in [0.15, 0.2) is 16.5 Å². The largest absolute Gasteiger partial charge is 0.419 e. The summed E-state index contributed by atoms with van der Waals surface area (Å²) in [4.78, 5) is 0. The Labute approximate surface area is 101 Å². The van der Waals surface area contributed by atoms with Crippen molar-refractivity contribution in [2.24, 2.45) is 0 Å². The molecule has 0 aliphatic heterocycles. The van der Waals surface area contributed by atoms with Crippen molar-refractivity contribution in [3.05, 3.63) is 35.5 Å². The van der Waals surface area contributed by atoms with Crippen LogP contribution < -0.4 is 5.32 Å². The molecule has 18 heavy (non-hydrogen) atoms. The van der Waals surface area contributed by atoms with E-state index in [0.717, 1.165) is 12.1 Å². The molecular formula is C11H10F3N3O. The van der Waals surface area contributed by atoms with Crippen molar-refractivity contribution in [1.29, 1.82) is 0 Å². The predicted molar refractivity (Wildman–Crippen MR) is 57.0 cm³/mol. The SMILES string of the molecule is CCNCc1nnc(-c2ccc(F)c(F)c2F)o1. The van der Waals surface area contributed by atoms with E-state index in [2.05, 4.69) is 15.5 Å². The van der Waals surface area contributed by atoms with Gasteiger partial charge in [0.05, 0.1) is 12.1 Å². The molecule has 0 atom stereocenters. The molecule has 1 N–H and O–H groups in total. The number of halogens is 3. The summed E-state index contributed by atoms with van der Waals surface area (Å²) in [5.41, 5.74) is -0.260. The second-order valence-corrected chi connectivity index (χ2v) is 3.50. The number of benzene rings is 1. The first-order valence-electron chi connectivity index (χ1n) is 5.30. The molecule has 0 aliphatic rings. The maximum atomic E-state index is 13.5. The third kappa shape index (κ3) is 2.35. The smallest absolute Gasteiger partial charge is 0.250 e. The highest BCUT2D eigenvalue weighted by Gasteiger charge is 2.18. The molecule has 2 rings (SSSR count). The average molecular weight is 257 g/mol. The molecule has 0 saturated carbocycles. The summed E-state index contributed by atoms with van der Waals surface area (Å²) in [6.07, 6.45) is 0. The normalized spacial score (nSPS) is 10.9. The van der Waals surface area contributed by atoms with E-state index < -0.39 is 17.5 Å². The molecule has 0 aliphatic carbocycles. The number of aromatic nitrogens is 2. The molecule has 4 nitrogen and oxygen atoms in total. The molecule has 1 heterocycles. The van der Waals surface area contributed by atoms with Crippen molar-refractivity contribution in [2.45, 2.75) is 13.5 Å². The Morgan fingerprint density at radius 3 is 2.67 bits per heavy atom. The fraction of sp³-hybridized carbons (Fsp3) is 0.273. The van der Waals surface area contributed by atoms with E-state index in [0.29, 0.717) is 13.1 Å². The fourth-order valence-corrected chi connectivity index (χ4v) is 1.36. The summed E-state index contributed by atoms with van der Waals surface area (Å²) >= 11 is 0. The Kier molecular flexibility index (Phi) is 3.61. The van der Waals surface area contributed by atoms with Gasteiger partial charge in [-0.3, -0.25) is 0 Å². The third-order valence-electron chi connectivity index (χ3n) is 2.26. The summed E-state index contributed by atoms with van der Waals surface area (Å²) in [5, 5.41) is 10.2. The molecule has 0 unspecified atom stereocenters. The number of rotatable bonds is 4. The van der Waals surface area contributed by atoms with E-state index in [1.54, 1.807) is 0 Å². The Hall–Kier alpha value is -1.89. The monoisotopic (exact) mass is 257 g/mol. The zero-order valence-corrected chi connectivity index (χ0v) is 9.51. The van der Waals surface area contributed by atoms with Crippen LogP contribution in [0.1, 0.15) is 12.8 Å². The van der Waals surface area contributed by atoms with Gasteiger partial charge in [0.2, 0.25) is 5.89 Å². The zero-order chi connectivity index (χ0) is 13.1. The predicted octanol–water partition coefficient (Wildman–Crippen LogP) is 2.26. The van der Waals surface area contributed by atoms with Gasteiger partial charge in [-0.05, 0) is 18.7 Å². The maximum absolute atomic E-state index is 13.5. The van der Waals surface area contributed by atoms with Crippen molar-refractivity contribution in [1.82, 2.24) is 15.5 Å². The van der Waals surface area contributed by atoms with E-state index in [9.17, 15) is 13.2 Å². The first-order chi connectivity index (χ1) is 8.63. The van der Waals surface area contributed by atoms with Gasteiger partial charge in [-0.2, -0.15) is 0 Å². The molecule has 2 aromatic rings. The highest BCUT2D eigenvalue weighted by Crippen LogP contribution is 2.24. The molecule has 0 radical (unpaired) electrons. The van der Waals surface area contributed by atoms with Gasteiger partial charge < -0.3 is 9.73 Å². The second kappa shape index (κ2) is 5.18. The highest BCUT2D eigenvalue weighted by molar-refractivity contribution is 5.53. The fourth-order valence-electron chi connectivity index (χ4n) is 1.36. The molecule has 0 saturated heterocycles. The Bertz CT molecular complexity index is 556. The molecule has 7 heteroatoms. The molecule has 96 valence electrons. The molecule has 0 bridgehead atoms. The lowest BCUT2D eigenvalue weighted by molar-refractivity contribution is 0.442. The standard InChI is InChI=1S/C11H10F3N3O/c1-2-15-5-8-16-17-11(18-8)6-3-4-7(12)10(14)9(6)13/h3-4,15H,2,5H2,1H3. The molecule has 0 fully saturated rings. The van der Waals surface area contributed by atoms with Gasteiger partial charge in [0.15, 0.2) is 17.5 Å². The minimum absolute atomic E-state index is 0.181. The van der Waals surface area contributed by atoms with Crippen LogP contribution >= 0.6 is 0 Å². The van der Waals surface area contributed by atoms with Crippen molar-refractivity contribution in [2.75, 3.05) is 6.54 Å². The molecule has 0 spiro atoms. The lowest BCUT2D eigenvalue weighted by Gasteiger charge is -1.99. The van der Waals surface area contributed by atoms with E-state index in [4.69, 9.17) is 4.42 Å².